The van der Waals surface area contributed by atoms with Gasteiger partial charge in [0.1, 0.15) is 0 Å². The Bertz CT molecular complexity index is 309. The minimum absolute atomic E-state index is 0.285. The molecule has 15 heavy (non-hydrogen) atoms. The van der Waals surface area contributed by atoms with Crippen molar-refractivity contribution in [3.8, 4) is 0 Å². The zero-order valence-corrected chi connectivity index (χ0v) is 9.18. The zero-order chi connectivity index (χ0) is 11.3. The quantitative estimate of drug-likeness (QED) is 0.806. The fourth-order valence-electron chi connectivity index (χ4n) is 1.64. The minimum atomic E-state index is -0.708. The topological polar surface area (TPSA) is 50.2 Å². The molecule has 1 unspecified atom stereocenters. The molecule has 1 N–H and O–H groups in total. The van der Waals surface area contributed by atoms with Crippen molar-refractivity contribution in [3.63, 3.8) is 0 Å². The summed E-state index contributed by atoms with van der Waals surface area (Å²) in [5, 5.41) is 9.07. The maximum atomic E-state index is 11.0. The van der Waals surface area contributed by atoms with E-state index >= 15 is 0 Å². The highest BCUT2D eigenvalue weighted by Crippen LogP contribution is 2.17. The Morgan fingerprint density at radius 3 is 2.47 bits per heavy atom. The first kappa shape index (κ1) is 11.7. The Kier molecular flexibility index (Phi) is 4.28. The van der Waals surface area contributed by atoms with Crippen LogP contribution in [-0.4, -0.2) is 16.1 Å². The lowest BCUT2D eigenvalue weighted by molar-refractivity contribution is -0.142. The first-order valence-corrected chi connectivity index (χ1v) is 5.21. The van der Waals surface area contributed by atoms with Crippen molar-refractivity contribution in [2.75, 3.05) is 0 Å². The highest BCUT2D eigenvalue weighted by atomic mass is 16.4. The number of aromatic nitrogens is 1. The van der Waals surface area contributed by atoms with E-state index in [4.69, 9.17) is 5.11 Å². The van der Waals surface area contributed by atoms with E-state index < -0.39 is 5.97 Å². The van der Waals surface area contributed by atoms with Gasteiger partial charge < -0.3 is 5.11 Å². The van der Waals surface area contributed by atoms with E-state index in [2.05, 4.69) is 4.98 Å². The van der Waals surface area contributed by atoms with Crippen LogP contribution >= 0.6 is 0 Å². The molecule has 1 rings (SSSR count). The molecule has 0 aliphatic heterocycles. The van der Waals surface area contributed by atoms with Crippen LogP contribution in [0.2, 0.25) is 0 Å². The Balaban J connectivity index is 2.63. The van der Waals surface area contributed by atoms with E-state index in [1.54, 1.807) is 12.4 Å². The van der Waals surface area contributed by atoms with Crippen molar-refractivity contribution in [3.05, 3.63) is 30.1 Å². The molecular formula is C12H17NO2. The van der Waals surface area contributed by atoms with Crippen LogP contribution in [0.1, 0.15) is 25.8 Å². The van der Waals surface area contributed by atoms with Gasteiger partial charge in [0.15, 0.2) is 0 Å². The first-order chi connectivity index (χ1) is 7.09. The second-order valence-electron chi connectivity index (χ2n) is 4.22. The van der Waals surface area contributed by atoms with Crippen molar-refractivity contribution < 1.29 is 9.90 Å². The predicted octanol–water partition coefficient (Wildman–Crippen LogP) is 2.37. The molecule has 0 saturated carbocycles. The number of rotatable bonds is 5. The molecule has 0 fully saturated rings. The van der Waals surface area contributed by atoms with Crippen LogP contribution in [0.25, 0.3) is 0 Å². The van der Waals surface area contributed by atoms with E-state index in [0.29, 0.717) is 12.3 Å². The summed E-state index contributed by atoms with van der Waals surface area (Å²) in [6, 6.07) is 3.74. The van der Waals surface area contributed by atoms with Crippen LogP contribution in [0.4, 0.5) is 0 Å². The average Bonchev–Trinajstić information content (AvgIpc) is 2.17. The molecule has 1 aromatic rings. The summed E-state index contributed by atoms with van der Waals surface area (Å²) in [6.45, 7) is 4.09. The molecule has 1 heterocycles. The van der Waals surface area contributed by atoms with Crippen molar-refractivity contribution in [2.45, 2.75) is 26.7 Å². The van der Waals surface area contributed by atoms with Crippen LogP contribution in [0.15, 0.2) is 24.5 Å². The van der Waals surface area contributed by atoms with Gasteiger partial charge in [0, 0.05) is 12.4 Å². The maximum absolute atomic E-state index is 11.0. The summed E-state index contributed by atoms with van der Waals surface area (Å²) < 4.78 is 0. The zero-order valence-electron chi connectivity index (χ0n) is 9.18. The van der Waals surface area contributed by atoms with Crippen molar-refractivity contribution in [2.24, 2.45) is 11.8 Å². The largest absolute Gasteiger partial charge is 0.481 e. The molecule has 3 nitrogen and oxygen atoms in total. The van der Waals surface area contributed by atoms with Crippen molar-refractivity contribution in [1.29, 1.82) is 0 Å². The highest BCUT2D eigenvalue weighted by Gasteiger charge is 2.18. The molecule has 3 heteroatoms. The van der Waals surface area contributed by atoms with Crippen LogP contribution in [-0.2, 0) is 11.2 Å². The van der Waals surface area contributed by atoms with E-state index in [-0.39, 0.29) is 5.92 Å². The molecule has 0 radical (unpaired) electrons. The number of carboxylic acid groups (broad SMARTS) is 1. The second kappa shape index (κ2) is 5.49. The van der Waals surface area contributed by atoms with E-state index in [0.717, 1.165) is 12.0 Å². The lowest BCUT2D eigenvalue weighted by Gasteiger charge is -2.14. The standard InChI is InChI=1S/C12H17NO2/c1-9(2)7-11(12(14)15)8-10-3-5-13-6-4-10/h3-6,9,11H,7-8H2,1-2H3,(H,14,15). The molecule has 0 spiro atoms. The maximum Gasteiger partial charge on any atom is 0.306 e. The second-order valence-corrected chi connectivity index (χ2v) is 4.22. The van der Waals surface area contributed by atoms with Gasteiger partial charge in [0.05, 0.1) is 5.92 Å². The molecule has 0 aliphatic rings. The number of pyridine rings is 1. The number of hydrogen-bond donors (Lipinski definition) is 1. The molecule has 0 aliphatic carbocycles. The number of carboxylic acids is 1. The van der Waals surface area contributed by atoms with Gasteiger partial charge in [0.2, 0.25) is 0 Å². The van der Waals surface area contributed by atoms with Gasteiger partial charge in [-0.15, -0.1) is 0 Å². The average molecular weight is 207 g/mol. The summed E-state index contributed by atoms with van der Waals surface area (Å²) in [4.78, 5) is 14.9. The predicted molar refractivity (Wildman–Crippen MR) is 58.5 cm³/mol. The molecule has 1 aromatic heterocycles. The van der Waals surface area contributed by atoms with Crippen LogP contribution in [0, 0.1) is 11.8 Å². The van der Waals surface area contributed by atoms with E-state index in [1.807, 2.05) is 26.0 Å². The highest BCUT2D eigenvalue weighted by molar-refractivity contribution is 5.70. The van der Waals surface area contributed by atoms with Gasteiger partial charge in [-0.3, -0.25) is 9.78 Å². The molecule has 0 amide bonds. The fraction of sp³-hybridized carbons (Fsp3) is 0.500. The number of carbonyl (C=O) groups is 1. The Labute approximate surface area is 90.2 Å². The SMILES string of the molecule is CC(C)CC(Cc1ccncc1)C(=O)O. The molecule has 0 bridgehead atoms. The van der Waals surface area contributed by atoms with Gasteiger partial charge in [-0.05, 0) is 36.5 Å². The lowest BCUT2D eigenvalue weighted by atomic mass is 9.91. The molecule has 0 saturated heterocycles. The monoisotopic (exact) mass is 207 g/mol. The third-order valence-corrected chi connectivity index (χ3v) is 2.34. The Morgan fingerprint density at radius 1 is 1.40 bits per heavy atom. The third kappa shape index (κ3) is 4.11. The minimum Gasteiger partial charge on any atom is -0.481 e. The summed E-state index contributed by atoms with van der Waals surface area (Å²) in [6.07, 6.45) is 4.71. The summed E-state index contributed by atoms with van der Waals surface area (Å²) in [5.41, 5.74) is 1.04. The van der Waals surface area contributed by atoms with Gasteiger partial charge in [0.25, 0.3) is 0 Å². The number of nitrogens with zero attached hydrogens (tertiary/aromatic N) is 1. The van der Waals surface area contributed by atoms with Crippen molar-refractivity contribution in [1.82, 2.24) is 4.98 Å². The number of aliphatic carboxylic acids is 1. The summed E-state index contributed by atoms with van der Waals surface area (Å²) in [7, 11) is 0. The molecular weight excluding hydrogens is 190 g/mol. The summed E-state index contributed by atoms with van der Waals surface area (Å²) >= 11 is 0. The Morgan fingerprint density at radius 2 is 2.00 bits per heavy atom. The molecule has 1 atom stereocenters. The third-order valence-electron chi connectivity index (χ3n) is 2.34. The lowest BCUT2D eigenvalue weighted by Crippen LogP contribution is -2.18. The first-order valence-electron chi connectivity index (χ1n) is 5.21. The van der Waals surface area contributed by atoms with Crippen LogP contribution in [0.3, 0.4) is 0 Å². The van der Waals surface area contributed by atoms with Gasteiger partial charge in [-0.2, -0.15) is 0 Å². The fourth-order valence-corrected chi connectivity index (χ4v) is 1.64. The van der Waals surface area contributed by atoms with Gasteiger partial charge in [-0.25, -0.2) is 0 Å². The smallest absolute Gasteiger partial charge is 0.306 e. The van der Waals surface area contributed by atoms with Gasteiger partial charge >= 0.3 is 5.97 Å². The van der Waals surface area contributed by atoms with E-state index in [1.165, 1.54) is 0 Å². The summed E-state index contributed by atoms with van der Waals surface area (Å²) in [5.74, 6) is -0.583. The molecule has 82 valence electrons. The van der Waals surface area contributed by atoms with Gasteiger partial charge in [-0.1, -0.05) is 13.8 Å². The normalized spacial score (nSPS) is 12.7. The Hall–Kier alpha value is -1.38. The van der Waals surface area contributed by atoms with Crippen molar-refractivity contribution >= 4 is 5.97 Å². The number of hydrogen-bond acceptors (Lipinski definition) is 2. The van der Waals surface area contributed by atoms with Crippen LogP contribution in [0.5, 0.6) is 0 Å². The van der Waals surface area contributed by atoms with E-state index in [9.17, 15) is 4.79 Å². The molecule has 0 aromatic carbocycles. The van der Waals surface area contributed by atoms with Crippen LogP contribution < -0.4 is 0 Å².